The Bertz CT molecular complexity index is 490. The second kappa shape index (κ2) is 5.13. The summed E-state index contributed by atoms with van der Waals surface area (Å²) in [4.78, 5) is 19.3. The van der Waals surface area contributed by atoms with Gasteiger partial charge in [-0.1, -0.05) is 0 Å². The van der Waals surface area contributed by atoms with E-state index in [1.807, 2.05) is 0 Å². The van der Waals surface area contributed by atoms with Crippen LogP contribution in [0.2, 0.25) is 0 Å². The van der Waals surface area contributed by atoms with Crippen molar-refractivity contribution in [3.63, 3.8) is 0 Å². The minimum Gasteiger partial charge on any atom is -0.378 e. The zero-order chi connectivity index (χ0) is 12.5. The van der Waals surface area contributed by atoms with E-state index in [0.717, 1.165) is 50.2 Å². The summed E-state index contributed by atoms with van der Waals surface area (Å²) in [5.41, 5.74) is 0.877. The highest BCUT2D eigenvalue weighted by atomic mass is 79.9. The maximum absolute atomic E-state index is 11.9. The molecule has 0 amide bonds. The van der Waals surface area contributed by atoms with Crippen molar-refractivity contribution in [2.45, 2.75) is 50.5 Å². The number of nitrogens with one attached hydrogen (secondary N) is 1. The molecule has 4 nitrogen and oxygen atoms in total. The van der Waals surface area contributed by atoms with Crippen LogP contribution in [0, 0.1) is 0 Å². The van der Waals surface area contributed by atoms with E-state index < -0.39 is 0 Å². The van der Waals surface area contributed by atoms with Gasteiger partial charge in [-0.2, -0.15) is 0 Å². The molecule has 98 valence electrons. The van der Waals surface area contributed by atoms with E-state index in [1.54, 1.807) is 0 Å². The fourth-order valence-electron chi connectivity index (χ4n) is 2.43. The molecule has 1 saturated carbocycles. The van der Waals surface area contributed by atoms with Crippen LogP contribution in [0.15, 0.2) is 9.27 Å². The van der Waals surface area contributed by atoms with Crippen LogP contribution < -0.4 is 5.56 Å². The minimum atomic E-state index is -0.0577. The van der Waals surface area contributed by atoms with Gasteiger partial charge in [-0.25, -0.2) is 4.98 Å². The van der Waals surface area contributed by atoms with Gasteiger partial charge in [0, 0.05) is 18.9 Å². The number of rotatable bonds is 3. The normalized spacial score (nSPS) is 24.2. The first-order valence-corrected chi connectivity index (χ1v) is 7.43. The predicted molar refractivity (Wildman–Crippen MR) is 71.8 cm³/mol. The summed E-state index contributed by atoms with van der Waals surface area (Å²) in [5.74, 6) is 1.25. The molecule has 0 aromatic carbocycles. The molecule has 1 aliphatic carbocycles. The van der Waals surface area contributed by atoms with Crippen LogP contribution in [0.25, 0.3) is 0 Å². The maximum atomic E-state index is 11.9. The molecule has 18 heavy (non-hydrogen) atoms. The third-order valence-electron chi connectivity index (χ3n) is 3.60. The first-order chi connectivity index (χ1) is 8.74. The summed E-state index contributed by atoms with van der Waals surface area (Å²) in [6.07, 6.45) is 6.66. The van der Waals surface area contributed by atoms with E-state index in [-0.39, 0.29) is 11.7 Å². The number of ether oxygens (including phenoxy) is 1. The summed E-state index contributed by atoms with van der Waals surface area (Å²) >= 11 is 3.34. The monoisotopic (exact) mass is 312 g/mol. The number of halogens is 1. The molecule has 0 radical (unpaired) electrons. The van der Waals surface area contributed by atoms with Crippen molar-refractivity contribution in [3.8, 4) is 0 Å². The summed E-state index contributed by atoms with van der Waals surface area (Å²) in [6, 6.07) is 0. The SMILES string of the molecule is O=c1[nH]c(CC2CCCCO2)nc(C2CC2)c1Br. The molecule has 2 aliphatic rings. The van der Waals surface area contributed by atoms with Gasteiger partial charge in [-0.15, -0.1) is 0 Å². The van der Waals surface area contributed by atoms with Crippen LogP contribution in [-0.2, 0) is 11.2 Å². The Morgan fingerprint density at radius 2 is 2.17 bits per heavy atom. The van der Waals surface area contributed by atoms with E-state index in [4.69, 9.17) is 4.74 Å². The average molecular weight is 313 g/mol. The number of hydrogen-bond acceptors (Lipinski definition) is 3. The van der Waals surface area contributed by atoms with Crippen LogP contribution in [0.1, 0.15) is 49.5 Å². The Hall–Kier alpha value is -0.680. The van der Waals surface area contributed by atoms with Crippen molar-refractivity contribution < 1.29 is 4.74 Å². The maximum Gasteiger partial charge on any atom is 0.265 e. The summed E-state index contributed by atoms with van der Waals surface area (Å²) in [5, 5.41) is 0. The van der Waals surface area contributed by atoms with Gasteiger partial charge in [-0.3, -0.25) is 4.79 Å². The fourth-order valence-corrected chi connectivity index (χ4v) is 2.94. The third-order valence-corrected chi connectivity index (χ3v) is 4.36. The van der Waals surface area contributed by atoms with Crippen LogP contribution in [0.5, 0.6) is 0 Å². The Kier molecular flexibility index (Phi) is 3.52. The topological polar surface area (TPSA) is 55.0 Å². The van der Waals surface area contributed by atoms with Crippen molar-refractivity contribution in [2.75, 3.05) is 6.61 Å². The molecule has 1 aromatic heterocycles. The number of H-pyrrole nitrogens is 1. The molecule has 2 fully saturated rings. The number of aromatic amines is 1. The molecule has 1 saturated heterocycles. The number of aromatic nitrogens is 2. The number of nitrogens with zero attached hydrogens (tertiary/aromatic N) is 1. The molecule has 1 unspecified atom stereocenters. The van der Waals surface area contributed by atoms with E-state index in [9.17, 15) is 4.79 Å². The largest absolute Gasteiger partial charge is 0.378 e. The van der Waals surface area contributed by atoms with Gasteiger partial charge in [0.25, 0.3) is 5.56 Å². The first-order valence-electron chi connectivity index (χ1n) is 6.64. The molecule has 1 atom stereocenters. The Morgan fingerprint density at radius 3 is 2.83 bits per heavy atom. The highest BCUT2D eigenvalue weighted by Gasteiger charge is 2.29. The van der Waals surface area contributed by atoms with Gasteiger partial charge < -0.3 is 9.72 Å². The molecular formula is C13H17BrN2O2. The Balaban J connectivity index is 1.80. The highest BCUT2D eigenvalue weighted by Crippen LogP contribution is 2.41. The van der Waals surface area contributed by atoms with Gasteiger partial charge in [0.2, 0.25) is 0 Å². The van der Waals surface area contributed by atoms with Crippen LogP contribution >= 0.6 is 15.9 Å². The van der Waals surface area contributed by atoms with Gasteiger partial charge in [0.1, 0.15) is 10.3 Å². The zero-order valence-electron chi connectivity index (χ0n) is 10.2. The molecule has 1 aromatic rings. The van der Waals surface area contributed by atoms with E-state index in [1.165, 1.54) is 6.42 Å². The summed E-state index contributed by atoms with van der Waals surface area (Å²) in [6.45, 7) is 0.834. The van der Waals surface area contributed by atoms with Crippen molar-refractivity contribution in [1.82, 2.24) is 9.97 Å². The van der Waals surface area contributed by atoms with E-state index in [2.05, 4.69) is 25.9 Å². The molecule has 5 heteroatoms. The third kappa shape index (κ3) is 2.67. The van der Waals surface area contributed by atoms with Gasteiger partial charge in [-0.05, 0) is 48.0 Å². The predicted octanol–water partition coefficient (Wildman–Crippen LogP) is 2.52. The smallest absolute Gasteiger partial charge is 0.265 e. The lowest BCUT2D eigenvalue weighted by atomic mass is 10.1. The highest BCUT2D eigenvalue weighted by molar-refractivity contribution is 9.10. The lowest BCUT2D eigenvalue weighted by molar-refractivity contribution is 0.0156. The van der Waals surface area contributed by atoms with E-state index >= 15 is 0 Å². The van der Waals surface area contributed by atoms with Crippen molar-refractivity contribution in [3.05, 3.63) is 26.3 Å². The molecule has 0 spiro atoms. The van der Waals surface area contributed by atoms with Gasteiger partial charge in [0.05, 0.1) is 11.8 Å². The van der Waals surface area contributed by atoms with Crippen LogP contribution in [0.4, 0.5) is 0 Å². The van der Waals surface area contributed by atoms with Gasteiger partial charge in [0.15, 0.2) is 0 Å². The molecule has 1 N–H and O–H groups in total. The summed E-state index contributed by atoms with van der Waals surface area (Å²) in [7, 11) is 0. The second-order valence-electron chi connectivity index (χ2n) is 5.18. The van der Waals surface area contributed by atoms with Crippen molar-refractivity contribution >= 4 is 15.9 Å². The first kappa shape index (κ1) is 12.4. The fraction of sp³-hybridized carbons (Fsp3) is 0.692. The molecule has 0 bridgehead atoms. The van der Waals surface area contributed by atoms with Gasteiger partial charge >= 0.3 is 0 Å². The van der Waals surface area contributed by atoms with E-state index in [0.29, 0.717) is 10.4 Å². The molecule has 3 rings (SSSR count). The lowest BCUT2D eigenvalue weighted by Crippen LogP contribution is -2.25. The quantitative estimate of drug-likeness (QED) is 0.933. The summed E-state index contributed by atoms with van der Waals surface area (Å²) < 4.78 is 6.30. The molecular weight excluding hydrogens is 296 g/mol. The van der Waals surface area contributed by atoms with Crippen molar-refractivity contribution in [1.29, 1.82) is 0 Å². The Morgan fingerprint density at radius 1 is 1.33 bits per heavy atom. The zero-order valence-corrected chi connectivity index (χ0v) is 11.8. The average Bonchev–Trinajstić information content (AvgIpc) is 3.19. The minimum absolute atomic E-state index is 0.0577. The molecule has 1 aliphatic heterocycles. The van der Waals surface area contributed by atoms with Crippen LogP contribution in [0.3, 0.4) is 0 Å². The van der Waals surface area contributed by atoms with Crippen molar-refractivity contribution in [2.24, 2.45) is 0 Å². The standard InChI is InChI=1S/C13H17BrN2O2/c14-11-12(8-4-5-8)15-10(16-13(11)17)7-9-3-1-2-6-18-9/h8-9H,1-7H2,(H,15,16,17). The lowest BCUT2D eigenvalue weighted by Gasteiger charge is -2.22. The second-order valence-corrected chi connectivity index (χ2v) is 5.97. The molecule has 2 heterocycles. The number of hydrogen-bond donors (Lipinski definition) is 1. The van der Waals surface area contributed by atoms with Crippen LogP contribution in [-0.4, -0.2) is 22.7 Å². The Labute approximate surface area is 114 Å².